The molecule has 6 heteroatoms. The van der Waals surface area contributed by atoms with Crippen LogP contribution in [0.1, 0.15) is 20.3 Å². The molecule has 0 bridgehead atoms. The van der Waals surface area contributed by atoms with Crippen LogP contribution in [-0.2, 0) is 8.85 Å². The molecule has 0 aliphatic heterocycles. The van der Waals surface area contributed by atoms with E-state index in [9.17, 15) is 13.2 Å². The molecule has 0 fully saturated rings. The summed E-state index contributed by atoms with van der Waals surface area (Å²) in [5.41, 5.74) is 0. The molecule has 0 spiro atoms. The van der Waals surface area contributed by atoms with Gasteiger partial charge in [0.2, 0.25) is 0 Å². The van der Waals surface area contributed by atoms with Crippen LogP contribution in [0.2, 0.25) is 11.6 Å². The van der Waals surface area contributed by atoms with E-state index < -0.39 is 26.2 Å². The second kappa shape index (κ2) is 4.20. The second-order valence-corrected chi connectivity index (χ2v) is 8.09. The van der Waals surface area contributed by atoms with Crippen molar-refractivity contribution in [3.63, 3.8) is 0 Å². The van der Waals surface area contributed by atoms with E-state index in [-0.39, 0.29) is 0 Å². The Kier molecular flexibility index (Phi) is 4.18. The molecule has 0 rings (SSSR count). The van der Waals surface area contributed by atoms with Crippen molar-refractivity contribution in [1.82, 2.24) is 0 Å². The molecule has 0 saturated heterocycles. The average Bonchev–Trinajstić information content (AvgIpc) is 1.98. The molecule has 0 aromatic carbocycles. The molecule has 0 atom stereocenters. The maximum Gasteiger partial charge on any atom is 0.389 e. The van der Waals surface area contributed by atoms with Crippen LogP contribution >= 0.6 is 0 Å². The van der Waals surface area contributed by atoms with Crippen molar-refractivity contribution in [3.8, 4) is 0 Å². The van der Waals surface area contributed by atoms with E-state index in [4.69, 9.17) is 8.85 Å². The predicted molar refractivity (Wildman–Crippen MR) is 50.3 cm³/mol. The summed E-state index contributed by atoms with van der Waals surface area (Å²) in [5.74, 6) is 0. The highest BCUT2D eigenvalue weighted by atomic mass is 28.4. The normalized spacial score (nSPS) is 14.6. The van der Waals surface area contributed by atoms with Gasteiger partial charge in [-0.3, -0.25) is 0 Å². The average molecular weight is 230 g/mol. The largest absolute Gasteiger partial charge is 0.397 e. The lowest BCUT2D eigenvalue weighted by Gasteiger charge is -2.38. The Morgan fingerprint density at radius 2 is 1.43 bits per heavy atom. The zero-order valence-corrected chi connectivity index (χ0v) is 10.2. The van der Waals surface area contributed by atoms with Gasteiger partial charge in [-0.25, -0.2) is 0 Å². The van der Waals surface area contributed by atoms with E-state index in [0.29, 0.717) is 0 Å². The van der Waals surface area contributed by atoms with E-state index in [1.165, 1.54) is 28.1 Å². The summed E-state index contributed by atoms with van der Waals surface area (Å²) in [4.78, 5) is 0. The van der Waals surface area contributed by atoms with Crippen LogP contribution in [0, 0.1) is 0 Å². The highest BCUT2D eigenvalue weighted by Gasteiger charge is 2.52. The maximum absolute atomic E-state index is 12.3. The van der Waals surface area contributed by atoms with E-state index in [0.717, 1.165) is 0 Å². The van der Waals surface area contributed by atoms with Crippen molar-refractivity contribution < 1.29 is 22.0 Å². The summed E-state index contributed by atoms with van der Waals surface area (Å²) >= 11 is 0. The summed E-state index contributed by atoms with van der Waals surface area (Å²) in [5, 5.41) is -0.991. The fourth-order valence-electron chi connectivity index (χ4n) is 1.30. The maximum atomic E-state index is 12.3. The number of halogens is 3. The van der Waals surface area contributed by atoms with Gasteiger partial charge >= 0.3 is 14.7 Å². The van der Waals surface area contributed by atoms with Crippen LogP contribution in [0.25, 0.3) is 0 Å². The zero-order chi connectivity index (χ0) is 11.6. The topological polar surface area (TPSA) is 18.5 Å². The Bertz CT molecular complexity index is 188. The van der Waals surface area contributed by atoms with Crippen LogP contribution in [0.4, 0.5) is 13.2 Å². The molecule has 0 radical (unpaired) electrons. The van der Waals surface area contributed by atoms with Gasteiger partial charge < -0.3 is 8.85 Å². The lowest BCUT2D eigenvalue weighted by atomic mass is 10.1. The highest BCUT2D eigenvalue weighted by molar-refractivity contribution is 6.69. The highest BCUT2D eigenvalue weighted by Crippen LogP contribution is 2.46. The van der Waals surface area contributed by atoms with E-state index >= 15 is 0 Å². The Hall–Kier alpha value is -0.0731. The van der Waals surface area contributed by atoms with Gasteiger partial charge in [-0.2, -0.15) is 13.2 Å². The minimum atomic E-state index is -4.19. The number of rotatable bonds is 4. The molecule has 0 saturated carbocycles. The molecule has 0 aliphatic rings. The van der Waals surface area contributed by atoms with Gasteiger partial charge in [-0.1, -0.05) is 13.8 Å². The summed E-state index contributed by atoms with van der Waals surface area (Å²) in [7, 11) is 0.0386. The van der Waals surface area contributed by atoms with Crippen LogP contribution < -0.4 is 0 Å². The Morgan fingerprint density at radius 3 is 1.64 bits per heavy atom. The lowest BCUT2D eigenvalue weighted by molar-refractivity contribution is -0.142. The first kappa shape index (κ1) is 13.9. The molecule has 0 heterocycles. The fourth-order valence-corrected chi connectivity index (χ4v) is 3.09. The molecule has 0 amide bonds. The molecule has 0 aliphatic carbocycles. The van der Waals surface area contributed by atoms with Crippen LogP contribution in [0.15, 0.2) is 0 Å². The third-order valence-corrected chi connectivity index (χ3v) is 6.84. The van der Waals surface area contributed by atoms with Crippen molar-refractivity contribution in [3.05, 3.63) is 0 Å². The summed E-state index contributed by atoms with van der Waals surface area (Å²) < 4.78 is 47.0. The second-order valence-electron chi connectivity index (χ2n) is 4.03. The SMILES string of the molecule is CO[Si](C)(OC)C(C)(C)CC(F)(F)F. The van der Waals surface area contributed by atoms with E-state index in [1.807, 2.05) is 0 Å². The summed E-state index contributed by atoms with van der Waals surface area (Å²) in [6.07, 6.45) is -5.07. The third kappa shape index (κ3) is 3.25. The number of hydrogen-bond donors (Lipinski definition) is 0. The minimum absolute atomic E-state index is 0.885. The number of alkyl halides is 3. The molecule has 0 aromatic rings. The van der Waals surface area contributed by atoms with Crippen molar-refractivity contribution in [2.45, 2.75) is 38.0 Å². The fraction of sp³-hybridized carbons (Fsp3) is 1.00. The summed E-state index contributed by atoms with van der Waals surface area (Å²) in [6.45, 7) is 4.69. The molecular formula is C8H17F3O2Si. The zero-order valence-electron chi connectivity index (χ0n) is 9.16. The van der Waals surface area contributed by atoms with Gasteiger partial charge in [0.1, 0.15) is 0 Å². The quantitative estimate of drug-likeness (QED) is 0.691. The third-order valence-electron chi connectivity index (χ3n) is 2.65. The van der Waals surface area contributed by atoms with E-state index in [2.05, 4.69) is 0 Å². The van der Waals surface area contributed by atoms with Crippen molar-refractivity contribution in [2.24, 2.45) is 0 Å². The Morgan fingerprint density at radius 1 is 1.07 bits per heavy atom. The number of hydrogen-bond acceptors (Lipinski definition) is 2. The molecule has 0 unspecified atom stereocenters. The molecule has 0 N–H and O–H groups in total. The molecule has 2 nitrogen and oxygen atoms in total. The van der Waals surface area contributed by atoms with Crippen molar-refractivity contribution in [2.75, 3.05) is 14.2 Å². The van der Waals surface area contributed by atoms with Crippen molar-refractivity contribution in [1.29, 1.82) is 0 Å². The minimum Gasteiger partial charge on any atom is -0.397 e. The van der Waals surface area contributed by atoms with Gasteiger partial charge in [0.15, 0.2) is 0 Å². The van der Waals surface area contributed by atoms with Gasteiger partial charge in [0.05, 0.1) is 6.42 Å². The molecule has 14 heavy (non-hydrogen) atoms. The van der Waals surface area contributed by atoms with E-state index in [1.54, 1.807) is 6.55 Å². The van der Waals surface area contributed by atoms with Gasteiger partial charge in [-0.15, -0.1) is 0 Å². The first-order valence-corrected chi connectivity index (χ1v) is 6.57. The standard InChI is InChI=1S/C8H17F3O2Si/c1-7(2,6-8(9,10)11)14(5,12-3)13-4/h6H2,1-5H3. The monoisotopic (exact) mass is 230 g/mol. The van der Waals surface area contributed by atoms with Crippen LogP contribution in [0.5, 0.6) is 0 Å². The van der Waals surface area contributed by atoms with Crippen LogP contribution in [-0.4, -0.2) is 29.0 Å². The molecule has 86 valence electrons. The first-order valence-electron chi connectivity index (χ1n) is 4.25. The molecule has 0 aromatic heterocycles. The van der Waals surface area contributed by atoms with Crippen LogP contribution in [0.3, 0.4) is 0 Å². The Balaban J connectivity index is 4.75. The predicted octanol–water partition coefficient (Wildman–Crippen LogP) is 3.08. The van der Waals surface area contributed by atoms with Crippen molar-refractivity contribution >= 4 is 8.56 Å². The molecular weight excluding hydrogens is 213 g/mol. The smallest absolute Gasteiger partial charge is 0.389 e. The van der Waals surface area contributed by atoms with Gasteiger partial charge in [0, 0.05) is 19.3 Å². The van der Waals surface area contributed by atoms with Gasteiger partial charge in [-0.05, 0) is 6.55 Å². The van der Waals surface area contributed by atoms with Gasteiger partial charge in [0.25, 0.3) is 0 Å². The summed E-state index contributed by atoms with van der Waals surface area (Å²) in [6, 6.07) is 0. The first-order chi connectivity index (χ1) is 6.08. The lowest BCUT2D eigenvalue weighted by Crippen LogP contribution is -2.48. The Labute approximate surface area is 83.6 Å².